The van der Waals surface area contributed by atoms with Gasteiger partial charge >= 0.3 is 5.97 Å². The van der Waals surface area contributed by atoms with Gasteiger partial charge in [0.05, 0.1) is 6.61 Å². The number of unbranched alkanes of at least 4 members (excludes halogenated alkanes) is 2. The lowest BCUT2D eigenvalue weighted by Crippen LogP contribution is -2.43. The smallest absolute Gasteiger partial charge is 0.328 e. The van der Waals surface area contributed by atoms with Gasteiger partial charge < -0.3 is 15.2 Å². The molecule has 5 nitrogen and oxygen atoms in total. The number of aliphatic carboxylic acids is 1. The molecule has 0 heterocycles. The second-order valence-corrected chi connectivity index (χ2v) is 3.57. The third kappa shape index (κ3) is 7.23. The molecule has 0 rings (SSSR count). The van der Waals surface area contributed by atoms with Crippen molar-refractivity contribution in [3.05, 3.63) is 0 Å². The van der Waals surface area contributed by atoms with Crippen molar-refractivity contribution in [2.24, 2.45) is 0 Å². The van der Waals surface area contributed by atoms with Crippen LogP contribution in [0, 0.1) is 0 Å². The monoisotopic (exact) mass is 231 g/mol. The van der Waals surface area contributed by atoms with Gasteiger partial charge in [-0.2, -0.15) is 0 Å². The fraction of sp³-hybridized carbons (Fsp3) is 0.818. The van der Waals surface area contributed by atoms with Gasteiger partial charge in [0.15, 0.2) is 6.04 Å². The normalized spacial score (nSPS) is 12.1. The molecular formula is C11H21NO4. The Balaban J connectivity index is 3.88. The number of carbonyl (C=O) groups is 2. The maximum absolute atomic E-state index is 11.4. The zero-order chi connectivity index (χ0) is 12.4. The summed E-state index contributed by atoms with van der Waals surface area (Å²) in [5.41, 5.74) is 0. The van der Waals surface area contributed by atoms with E-state index in [9.17, 15) is 9.59 Å². The Bertz CT molecular complexity index is 218. The lowest BCUT2D eigenvalue weighted by atomic mass is 10.2. The van der Waals surface area contributed by atoms with E-state index in [1.165, 1.54) is 0 Å². The van der Waals surface area contributed by atoms with Crippen LogP contribution in [0.1, 0.15) is 39.5 Å². The molecule has 1 amide bonds. The molecule has 0 aliphatic rings. The summed E-state index contributed by atoms with van der Waals surface area (Å²) >= 11 is 0. The summed E-state index contributed by atoms with van der Waals surface area (Å²) in [5, 5.41) is 11.3. The molecule has 0 saturated carbocycles. The van der Waals surface area contributed by atoms with Crippen molar-refractivity contribution < 1.29 is 19.4 Å². The van der Waals surface area contributed by atoms with Gasteiger partial charge in [0, 0.05) is 13.0 Å². The first kappa shape index (κ1) is 14.9. The van der Waals surface area contributed by atoms with Gasteiger partial charge in [-0.1, -0.05) is 19.8 Å². The van der Waals surface area contributed by atoms with Crippen LogP contribution in [0.4, 0.5) is 0 Å². The SMILES string of the molecule is CCCCCC(=O)N[C@@H](COCC)C(=O)O. The minimum atomic E-state index is -1.06. The lowest BCUT2D eigenvalue weighted by molar-refractivity contribution is -0.143. The number of ether oxygens (including phenoxy) is 1. The van der Waals surface area contributed by atoms with Gasteiger partial charge in [-0.25, -0.2) is 4.79 Å². The molecule has 0 bridgehead atoms. The van der Waals surface area contributed by atoms with E-state index >= 15 is 0 Å². The van der Waals surface area contributed by atoms with Gasteiger partial charge in [-0.05, 0) is 13.3 Å². The van der Waals surface area contributed by atoms with Crippen LogP contribution in [-0.4, -0.2) is 36.2 Å². The zero-order valence-electron chi connectivity index (χ0n) is 9.99. The highest BCUT2D eigenvalue weighted by molar-refractivity contribution is 5.83. The Morgan fingerprint density at radius 2 is 2.00 bits per heavy atom. The second kappa shape index (κ2) is 9.15. The summed E-state index contributed by atoms with van der Waals surface area (Å²) in [6, 6.07) is -0.936. The van der Waals surface area contributed by atoms with Gasteiger partial charge in [0.2, 0.25) is 5.91 Å². The molecule has 0 saturated heterocycles. The maximum Gasteiger partial charge on any atom is 0.328 e. The van der Waals surface area contributed by atoms with Crippen molar-refractivity contribution >= 4 is 11.9 Å². The number of carbonyl (C=O) groups excluding carboxylic acids is 1. The molecule has 1 atom stereocenters. The van der Waals surface area contributed by atoms with Gasteiger partial charge in [-0.15, -0.1) is 0 Å². The summed E-state index contributed by atoms with van der Waals surface area (Å²) < 4.78 is 4.99. The lowest BCUT2D eigenvalue weighted by Gasteiger charge is -2.14. The Morgan fingerprint density at radius 1 is 1.31 bits per heavy atom. The first-order chi connectivity index (χ1) is 7.61. The van der Waals surface area contributed by atoms with E-state index in [0.717, 1.165) is 19.3 Å². The van der Waals surface area contributed by atoms with Crippen LogP contribution in [0.3, 0.4) is 0 Å². The topological polar surface area (TPSA) is 75.6 Å². The van der Waals surface area contributed by atoms with E-state index in [4.69, 9.17) is 9.84 Å². The number of hydrogen-bond donors (Lipinski definition) is 2. The minimum absolute atomic E-state index is 0.0192. The van der Waals surface area contributed by atoms with Crippen molar-refractivity contribution in [1.82, 2.24) is 5.32 Å². The fourth-order valence-electron chi connectivity index (χ4n) is 1.21. The average Bonchev–Trinajstić information content (AvgIpc) is 2.24. The molecule has 0 aromatic rings. The van der Waals surface area contributed by atoms with Crippen molar-refractivity contribution in [2.45, 2.75) is 45.6 Å². The van der Waals surface area contributed by atoms with E-state index in [1.54, 1.807) is 6.92 Å². The molecule has 94 valence electrons. The maximum atomic E-state index is 11.4. The Labute approximate surface area is 96.2 Å². The van der Waals surface area contributed by atoms with E-state index in [2.05, 4.69) is 5.32 Å². The third-order valence-electron chi connectivity index (χ3n) is 2.13. The summed E-state index contributed by atoms with van der Waals surface area (Å²) in [7, 11) is 0. The van der Waals surface area contributed by atoms with Crippen molar-refractivity contribution in [3.63, 3.8) is 0 Å². The predicted molar refractivity (Wildman–Crippen MR) is 60.2 cm³/mol. The number of amides is 1. The standard InChI is InChI=1S/C11H21NO4/c1-3-5-6-7-10(13)12-9(11(14)15)8-16-4-2/h9H,3-8H2,1-2H3,(H,12,13)(H,14,15)/t9-/m0/s1. The minimum Gasteiger partial charge on any atom is -0.480 e. The molecule has 5 heteroatoms. The number of nitrogens with one attached hydrogen (secondary N) is 1. The number of carboxylic acid groups (broad SMARTS) is 1. The van der Waals surface area contributed by atoms with Crippen LogP contribution >= 0.6 is 0 Å². The van der Waals surface area contributed by atoms with Crippen LogP contribution in [0.15, 0.2) is 0 Å². The first-order valence-electron chi connectivity index (χ1n) is 5.71. The number of carboxylic acids is 1. The summed E-state index contributed by atoms with van der Waals surface area (Å²) in [6.45, 7) is 4.29. The van der Waals surface area contributed by atoms with Crippen LogP contribution in [0.5, 0.6) is 0 Å². The van der Waals surface area contributed by atoms with Crippen LogP contribution in [-0.2, 0) is 14.3 Å². The third-order valence-corrected chi connectivity index (χ3v) is 2.13. The largest absolute Gasteiger partial charge is 0.480 e. The highest BCUT2D eigenvalue weighted by atomic mass is 16.5. The molecule has 2 N–H and O–H groups in total. The van der Waals surface area contributed by atoms with E-state index < -0.39 is 12.0 Å². The van der Waals surface area contributed by atoms with Crippen molar-refractivity contribution in [1.29, 1.82) is 0 Å². The molecule has 0 aromatic heterocycles. The molecule has 16 heavy (non-hydrogen) atoms. The van der Waals surface area contributed by atoms with Crippen LogP contribution in [0.25, 0.3) is 0 Å². The Hall–Kier alpha value is -1.10. The quantitative estimate of drug-likeness (QED) is 0.584. The first-order valence-corrected chi connectivity index (χ1v) is 5.71. The molecule has 0 aliphatic heterocycles. The van der Waals surface area contributed by atoms with Gasteiger partial charge in [0.25, 0.3) is 0 Å². The molecule has 0 aromatic carbocycles. The van der Waals surface area contributed by atoms with E-state index in [1.807, 2.05) is 6.92 Å². The Kier molecular flexibility index (Phi) is 8.52. The summed E-state index contributed by atoms with van der Waals surface area (Å²) in [4.78, 5) is 22.1. The summed E-state index contributed by atoms with van der Waals surface area (Å²) in [5.74, 6) is -1.28. The van der Waals surface area contributed by atoms with Crippen molar-refractivity contribution in [3.8, 4) is 0 Å². The van der Waals surface area contributed by atoms with Gasteiger partial charge in [0.1, 0.15) is 0 Å². The number of hydrogen-bond acceptors (Lipinski definition) is 3. The highest BCUT2D eigenvalue weighted by Crippen LogP contribution is 1.99. The molecule has 0 spiro atoms. The Morgan fingerprint density at radius 3 is 2.50 bits per heavy atom. The van der Waals surface area contributed by atoms with Crippen LogP contribution < -0.4 is 5.32 Å². The molecular weight excluding hydrogens is 210 g/mol. The molecule has 0 fully saturated rings. The van der Waals surface area contributed by atoms with Gasteiger partial charge in [-0.3, -0.25) is 4.79 Å². The summed E-state index contributed by atoms with van der Waals surface area (Å²) in [6.07, 6.45) is 3.19. The average molecular weight is 231 g/mol. The number of rotatable bonds is 9. The fourth-order valence-corrected chi connectivity index (χ4v) is 1.21. The highest BCUT2D eigenvalue weighted by Gasteiger charge is 2.19. The molecule has 0 aliphatic carbocycles. The van der Waals surface area contributed by atoms with E-state index in [-0.39, 0.29) is 12.5 Å². The van der Waals surface area contributed by atoms with Crippen LogP contribution in [0.2, 0.25) is 0 Å². The van der Waals surface area contributed by atoms with Crippen molar-refractivity contribution in [2.75, 3.05) is 13.2 Å². The molecule has 0 unspecified atom stereocenters. The molecule has 0 radical (unpaired) electrons. The zero-order valence-corrected chi connectivity index (χ0v) is 9.99. The predicted octanol–water partition coefficient (Wildman–Crippen LogP) is 1.17. The van der Waals surface area contributed by atoms with E-state index in [0.29, 0.717) is 13.0 Å². The second-order valence-electron chi connectivity index (χ2n) is 3.57.